The highest BCUT2D eigenvalue weighted by molar-refractivity contribution is 5.26. The van der Waals surface area contributed by atoms with Crippen LogP contribution in [0, 0.1) is 12.7 Å². The fraction of sp³-hybridized carbons (Fsp3) is 0.500. The minimum atomic E-state index is -0.703. The Morgan fingerprint density at radius 2 is 2.07 bits per heavy atom. The molecule has 1 rings (SSSR count). The molecule has 1 aromatic rings. The van der Waals surface area contributed by atoms with Crippen LogP contribution in [-0.4, -0.2) is 22.9 Å². The molecule has 0 heterocycles. The van der Waals surface area contributed by atoms with E-state index in [0.717, 1.165) is 5.56 Å². The molecule has 3 heteroatoms. The van der Waals surface area contributed by atoms with Crippen LogP contribution in [0.3, 0.4) is 0 Å². The third-order valence-electron chi connectivity index (χ3n) is 2.59. The predicted octanol–water partition coefficient (Wildman–Crippen LogP) is 1.98. The molecule has 0 aromatic heterocycles. The highest BCUT2D eigenvalue weighted by atomic mass is 19.1. The highest BCUT2D eigenvalue weighted by Gasteiger charge is 2.12. The van der Waals surface area contributed by atoms with Crippen LogP contribution in [0.15, 0.2) is 18.2 Å². The first-order valence-electron chi connectivity index (χ1n) is 5.09. The molecule has 2 N–H and O–H groups in total. The quantitative estimate of drug-likeness (QED) is 0.801. The number of benzene rings is 1. The van der Waals surface area contributed by atoms with Crippen molar-refractivity contribution in [1.82, 2.24) is 0 Å². The van der Waals surface area contributed by atoms with Crippen LogP contribution in [0.25, 0.3) is 0 Å². The summed E-state index contributed by atoms with van der Waals surface area (Å²) in [6.07, 6.45) is -0.216. The number of rotatable bonds is 4. The molecule has 0 fully saturated rings. The first-order valence-corrected chi connectivity index (χ1v) is 5.09. The van der Waals surface area contributed by atoms with E-state index in [0.29, 0.717) is 12.0 Å². The third kappa shape index (κ3) is 3.29. The van der Waals surface area contributed by atoms with Crippen LogP contribution in [-0.2, 0) is 0 Å². The van der Waals surface area contributed by atoms with Crippen molar-refractivity contribution < 1.29 is 14.6 Å². The Balaban J connectivity index is 2.73. The summed E-state index contributed by atoms with van der Waals surface area (Å²) in [7, 11) is 0. The molecule has 0 amide bonds. The zero-order valence-corrected chi connectivity index (χ0v) is 9.07. The Morgan fingerprint density at radius 3 is 2.60 bits per heavy atom. The molecule has 2 nitrogen and oxygen atoms in total. The maximum absolute atomic E-state index is 13.0. The smallest absolute Gasteiger partial charge is 0.126 e. The van der Waals surface area contributed by atoms with Gasteiger partial charge < -0.3 is 10.2 Å². The van der Waals surface area contributed by atoms with Gasteiger partial charge in [0.2, 0.25) is 0 Å². The van der Waals surface area contributed by atoms with Gasteiger partial charge in [-0.15, -0.1) is 0 Å². The highest BCUT2D eigenvalue weighted by Crippen LogP contribution is 2.22. The van der Waals surface area contributed by atoms with Crippen molar-refractivity contribution in [2.45, 2.75) is 32.3 Å². The van der Waals surface area contributed by atoms with E-state index >= 15 is 0 Å². The van der Waals surface area contributed by atoms with Gasteiger partial charge in [0.15, 0.2) is 0 Å². The largest absolute Gasteiger partial charge is 0.394 e. The summed E-state index contributed by atoms with van der Waals surface area (Å²) in [6, 6.07) is 4.94. The molecule has 0 spiro atoms. The fourth-order valence-corrected chi connectivity index (χ4v) is 1.59. The molecule has 0 radical (unpaired) electrons. The average molecular weight is 212 g/mol. The van der Waals surface area contributed by atoms with Gasteiger partial charge in [0.1, 0.15) is 5.82 Å². The minimum absolute atomic E-state index is 0.117. The lowest BCUT2D eigenvalue weighted by molar-refractivity contribution is 0.0835. The van der Waals surface area contributed by atoms with E-state index in [-0.39, 0.29) is 18.3 Å². The molecule has 84 valence electrons. The van der Waals surface area contributed by atoms with Crippen molar-refractivity contribution in [2.24, 2.45) is 0 Å². The molecule has 15 heavy (non-hydrogen) atoms. The normalized spacial score (nSPS) is 15.0. The van der Waals surface area contributed by atoms with Gasteiger partial charge in [-0.1, -0.05) is 19.1 Å². The third-order valence-corrected chi connectivity index (χ3v) is 2.59. The van der Waals surface area contributed by atoms with Crippen LogP contribution in [0.2, 0.25) is 0 Å². The van der Waals surface area contributed by atoms with Crippen molar-refractivity contribution in [3.05, 3.63) is 35.1 Å². The van der Waals surface area contributed by atoms with E-state index < -0.39 is 6.10 Å². The van der Waals surface area contributed by atoms with Gasteiger partial charge in [-0.25, -0.2) is 4.39 Å². The lowest BCUT2D eigenvalue weighted by atomic mass is 9.94. The Hall–Kier alpha value is -0.930. The lowest BCUT2D eigenvalue weighted by Crippen LogP contribution is -2.15. The van der Waals surface area contributed by atoms with E-state index in [2.05, 4.69) is 0 Å². The molecular formula is C12H17FO2. The van der Waals surface area contributed by atoms with Crippen molar-refractivity contribution in [3.63, 3.8) is 0 Å². The summed E-state index contributed by atoms with van der Waals surface area (Å²) in [5.41, 5.74) is 1.60. The number of hydrogen-bond acceptors (Lipinski definition) is 2. The Kier molecular flexibility index (Phi) is 4.24. The summed E-state index contributed by atoms with van der Waals surface area (Å²) in [5.74, 6) is -0.0971. The molecule has 0 aliphatic heterocycles. The minimum Gasteiger partial charge on any atom is -0.394 e. The van der Waals surface area contributed by atoms with Crippen LogP contribution >= 0.6 is 0 Å². The molecule has 2 unspecified atom stereocenters. The number of aryl methyl sites for hydroxylation is 1. The van der Waals surface area contributed by atoms with Gasteiger partial charge in [-0.3, -0.25) is 0 Å². The fourth-order valence-electron chi connectivity index (χ4n) is 1.59. The summed E-state index contributed by atoms with van der Waals surface area (Å²) < 4.78 is 13.0. The van der Waals surface area contributed by atoms with Gasteiger partial charge in [0.05, 0.1) is 12.7 Å². The van der Waals surface area contributed by atoms with Gasteiger partial charge in [-0.2, -0.15) is 0 Å². The van der Waals surface area contributed by atoms with E-state index in [4.69, 9.17) is 5.11 Å². The first-order chi connectivity index (χ1) is 7.04. The SMILES string of the molecule is Cc1cc(C(C)CC(O)CO)ccc1F. The zero-order valence-electron chi connectivity index (χ0n) is 9.07. The zero-order chi connectivity index (χ0) is 11.4. The maximum Gasteiger partial charge on any atom is 0.126 e. The molecule has 0 aliphatic carbocycles. The van der Waals surface area contributed by atoms with Crippen LogP contribution in [0.4, 0.5) is 4.39 Å². The lowest BCUT2D eigenvalue weighted by Gasteiger charge is -2.15. The van der Waals surface area contributed by atoms with Gasteiger partial charge in [0, 0.05) is 0 Å². The molecule has 0 saturated carbocycles. The van der Waals surface area contributed by atoms with Crippen molar-refractivity contribution in [1.29, 1.82) is 0 Å². The second kappa shape index (κ2) is 5.24. The molecule has 2 atom stereocenters. The Bertz CT molecular complexity index is 325. The van der Waals surface area contributed by atoms with E-state index in [1.165, 1.54) is 6.07 Å². The van der Waals surface area contributed by atoms with E-state index in [1.54, 1.807) is 19.1 Å². The summed E-state index contributed by atoms with van der Waals surface area (Å²) in [5, 5.41) is 18.0. The summed E-state index contributed by atoms with van der Waals surface area (Å²) >= 11 is 0. The summed E-state index contributed by atoms with van der Waals surface area (Å²) in [4.78, 5) is 0. The monoisotopic (exact) mass is 212 g/mol. The van der Waals surface area contributed by atoms with Crippen molar-refractivity contribution in [3.8, 4) is 0 Å². The van der Waals surface area contributed by atoms with Gasteiger partial charge in [0.25, 0.3) is 0 Å². The van der Waals surface area contributed by atoms with Crippen molar-refractivity contribution >= 4 is 0 Å². The average Bonchev–Trinajstić information content (AvgIpc) is 2.21. The number of hydrogen-bond donors (Lipinski definition) is 2. The molecule has 1 aromatic carbocycles. The maximum atomic E-state index is 13.0. The van der Waals surface area contributed by atoms with Gasteiger partial charge in [-0.05, 0) is 36.5 Å². The first kappa shape index (κ1) is 12.1. The molecule has 0 saturated heterocycles. The number of halogens is 1. The van der Waals surface area contributed by atoms with E-state index in [9.17, 15) is 9.50 Å². The molecule has 0 bridgehead atoms. The van der Waals surface area contributed by atoms with Crippen LogP contribution in [0.5, 0.6) is 0 Å². The van der Waals surface area contributed by atoms with Crippen LogP contribution < -0.4 is 0 Å². The van der Waals surface area contributed by atoms with Gasteiger partial charge >= 0.3 is 0 Å². The standard InChI is InChI=1S/C12H17FO2/c1-8(6-11(15)7-14)10-3-4-12(13)9(2)5-10/h3-5,8,11,14-15H,6-7H2,1-2H3. The number of aliphatic hydroxyl groups excluding tert-OH is 2. The number of aliphatic hydroxyl groups is 2. The van der Waals surface area contributed by atoms with E-state index in [1.807, 2.05) is 6.92 Å². The Morgan fingerprint density at radius 1 is 1.40 bits per heavy atom. The second-order valence-electron chi connectivity index (χ2n) is 3.98. The topological polar surface area (TPSA) is 40.5 Å². The molecule has 0 aliphatic rings. The van der Waals surface area contributed by atoms with Crippen molar-refractivity contribution in [2.75, 3.05) is 6.61 Å². The Labute approximate surface area is 89.4 Å². The van der Waals surface area contributed by atoms with Crippen LogP contribution in [0.1, 0.15) is 30.4 Å². The summed E-state index contributed by atoms with van der Waals surface area (Å²) in [6.45, 7) is 3.43. The second-order valence-corrected chi connectivity index (χ2v) is 3.98. The molecular weight excluding hydrogens is 195 g/mol. The predicted molar refractivity (Wildman–Crippen MR) is 57.3 cm³/mol.